The van der Waals surface area contributed by atoms with E-state index in [4.69, 9.17) is 0 Å². The molecular formula is C15H23FN2O2. The van der Waals surface area contributed by atoms with Crippen molar-refractivity contribution in [2.24, 2.45) is 5.92 Å². The lowest BCUT2D eigenvalue weighted by molar-refractivity contribution is 0.0572. The summed E-state index contributed by atoms with van der Waals surface area (Å²) in [5.74, 6) is 0.220. The zero-order valence-electron chi connectivity index (χ0n) is 12.0. The molecule has 1 aromatic rings. The van der Waals surface area contributed by atoms with Crippen LogP contribution >= 0.6 is 0 Å². The SMILES string of the molecule is CC(C)CNCc1cccc(F)c1N1CC(O)C(O)C1. The van der Waals surface area contributed by atoms with Crippen LogP contribution in [-0.4, -0.2) is 42.1 Å². The van der Waals surface area contributed by atoms with Gasteiger partial charge in [-0.1, -0.05) is 26.0 Å². The average molecular weight is 282 g/mol. The van der Waals surface area contributed by atoms with E-state index in [1.807, 2.05) is 6.07 Å². The summed E-state index contributed by atoms with van der Waals surface area (Å²) in [6.07, 6.45) is -1.63. The summed E-state index contributed by atoms with van der Waals surface area (Å²) in [4.78, 5) is 1.72. The lowest BCUT2D eigenvalue weighted by Crippen LogP contribution is -2.26. The van der Waals surface area contributed by atoms with Crippen molar-refractivity contribution in [2.75, 3.05) is 24.5 Å². The molecule has 0 bridgehead atoms. The van der Waals surface area contributed by atoms with E-state index in [0.717, 1.165) is 12.1 Å². The molecule has 4 nitrogen and oxygen atoms in total. The number of hydrogen-bond donors (Lipinski definition) is 3. The molecule has 1 saturated heterocycles. The van der Waals surface area contributed by atoms with Crippen molar-refractivity contribution >= 4 is 5.69 Å². The third-order valence-corrected chi connectivity index (χ3v) is 3.51. The summed E-state index contributed by atoms with van der Waals surface area (Å²) in [6, 6.07) is 4.98. The number of aliphatic hydroxyl groups excluding tert-OH is 2. The van der Waals surface area contributed by atoms with Crippen molar-refractivity contribution in [1.82, 2.24) is 5.32 Å². The minimum Gasteiger partial charge on any atom is -0.389 e. The Morgan fingerprint density at radius 3 is 2.55 bits per heavy atom. The Bertz CT molecular complexity index is 443. The fourth-order valence-corrected chi connectivity index (χ4v) is 2.50. The van der Waals surface area contributed by atoms with Crippen molar-refractivity contribution in [1.29, 1.82) is 0 Å². The van der Waals surface area contributed by atoms with E-state index in [2.05, 4.69) is 19.2 Å². The Balaban J connectivity index is 2.14. The Labute approximate surface area is 119 Å². The number of hydrogen-bond acceptors (Lipinski definition) is 4. The van der Waals surface area contributed by atoms with Crippen molar-refractivity contribution in [3.8, 4) is 0 Å². The minimum atomic E-state index is -0.814. The molecule has 0 aromatic heterocycles. The first kappa shape index (κ1) is 15.2. The van der Waals surface area contributed by atoms with Crippen LogP contribution in [0.5, 0.6) is 0 Å². The number of anilines is 1. The van der Waals surface area contributed by atoms with Crippen molar-refractivity contribution in [3.05, 3.63) is 29.6 Å². The Kier molecular flexibility index (Phi) is 4.96. The second-order valence-electron chi connectivity index (χ2n) is 5.81. The summed E-state index contributed by atoms with van der Waals surface area (Å²) in [7, 11) is 0. The molecule has 20 heavy (non-hydrogen) atoms. The van der Waals surface area contributed by atoms with Gasteiger partial charge in [0.1, 0.15) is 5.82 Å². The molecule has 1 fully saturated rings. The number of aliphatic hydroxyl groups is 2. The molecule has 1 aliphatic heterocycles. The summed E-state index contributed by atoms with van der Waals surface area (Å²) < 4.78 is 14.1. The van der Waals surface area contributed by atoms with Crippen LogP contribution in [0.3, 0.4) is 0 Å². The van der Waals surface area contributed by atoms with Crippen molar-refractivity contribution in [2.45, 2.75) is 32.6 Å². The molecule has 0 radical (unpaired) electrons. The highest BCUT2D eigenvalue weighted by Gasteiger charge is 2.31. The predicted molar refractivity (Wildman–Crippen MR) is 77.2 cm³/mol. The molecule has 2 rings (SSSR count). The van der Waals surface area contributed by atoms with Gasteiger partial charge in [-0.15, -0.1) is 0 Å². The number of halogens is 1. The summed E-state index contributed by atoms with van der Waals surface area (Å²) in [6.45, 7) is 6.20. The molecule has 0 aliphatic carbocycles. The standard InChI is InChI=1S/C15H23FN2O2/c1-10(2)6-17-7-11-4-3-5-12(16)15(11)18-8-13(19)14(20)9-18/h3-5,10,13-14,17,19-20H,6-9H2,1-2H3. The minimum absolute atomic E-state index is 0.263. The summed E-state index contributed by atoms with van der Waals surface area (Å²) in [5, 5.41) is 22.6. The largest absolute Gasteiger partial charge is 0.389 e. The number of nitrogens with zero attached hydrogens (tertiary/aromatic N) is 1. The van der Waals surface area contributed by atoms with Gasteiger partial charge < -0.3 is 20.4 Å². The fraction of sp³-hybridized carbons (Fsp3) is 0.600. The molecule has 1 aliphatic rings. The Morgan fingerprint density at radius 1 is 1.30 bits per heavy atom. The first-order valence-electron chi connectivity index (χ1n) is 7.08. The zero-order chi connectivity index (χ0) is 14.7. The first-order valence-corrected chi connectivity index (χ1v) is 7.08. The third kappa shape index (κ3) is 3.48. The molecular weight excluding hydrogens is 259 g/mol. The topological polar surface area (TPSA) is 55.7 Å². The molecule has 1 aromatic carbocycles. The molecule has 112 valence electrons. The highest BCUT2D eigenvalue weighted by atomic mass is 19.1. The monoisotopic (exact) mass is 282 g/mol. The van der Waals surface area contributed by atoms with E-state index in [1.165, 1.54) is 6.07 Å². The van der Waals surface area contributed by atoms with Gasteiger partial charge in [0.2, 0.25) is 0 Å². The molecule has 0 spiro atoms. The number of β-amino-alcohol motifs (C(OH)–C–C–N with tert-alkyl or cyclic N) is 2. The Hall–Kier alpha value is -1.17. The smallest absolute Gasteiger partial charge is 0.146 e. The lowest BCUT2D eigenvalue weighted by Gasteiger charge is -2.22. The second-order valence-corrected chi connectivity index (χ2v) is 5.81. The van der Waals surface area contributed by atoms with Crippen molar-refractivity contribution < 1.29 is 14.6 Å². The van der Waals surface area contributed by atoms with E-state index in [-0.39, 0.29) is 18.9 Å². The molecule has 3 N–H and O–H groups in total. The van der Waals surface area contributed by atoms with Crippen LogP contribution in [0.15, 0.2) is 18.2 Å². The van der Waals surface area contributed by atoms with Gasteiger partial charge in [0.15, 0.2) is 0 Å². The number of nitrogens with one attached hydrogen (secondary N) is 1. The van der Waals surface area contributed by atoms with E-state index < -0.39 is 12.2 Å². The molecule has 1 heterocycles. The molecule has 2 atom stereocenters. The normalized spacial score (nSPS) is 22.8. The average Bonchev–Trinajstić information content (AvgIpc) is 2.69. The van der Waals surface area contributed by atoms with E-state index >= 15 is 0 Å². The predicted octanol–water partition coefficient (Wildman–Crippen LogP) is 1.11. The van der Waals surface area contributed by atoms with Gasteiger partial charge in [-0.05, 0) is 24.1 Å². The summed E-state index contributed by atoms with van der Waals surface area (Å²) >= 11 is 0. The van der Waals surface area contributed by atoms with Gasteiger partial charge in [-0.25, -0.2) is 4.39 Å². The van der Waals surface area contributed by atoms with Gasteiger partial charge in [-0.2, -0.15) is 0 Å². The number of para-hydroxylation sites is 1. The van der Waals surface area contributed by atoms with Gasteiger partial charge in [0.25, 0.3) is 0 Å². The Morgan fingerprint density at radius 2 is 1.95 bits per heavy atom. The number of benzene rings is 1. The van der Waals surface area contributed by atoms with Crippen LogP contribution in [0.2, 0.25) is 0 Å². The van der Waals surface area contributed by atoms with E-state index in [0.29, 0.717) is 18.2 Å². The van der Waals surface area contributed by atoms with Gasteiger partial charge >= 0.3 is 0 Å². The molecule has 0 saturated carbocycles. The van der Waals surface area contributed by atoms with Crippen LogP contribution in [0, 0.1) is 11.7 Å². The first-order chi connectivity index (χ1) is 9.49. The number of rotatable bonds is 5. The quantitative estimate of drug-likeness (QED) is 0.757. The third-order valence-electron chi connectivity index (χ3n) is 3.51. The van der Waals surface area contributed by atoms with Crippen LogP contribution in [-0.2, 0) is 6.54 Å². The molecule has 0 amide bonds. The fourth-order valence-electron chi connectivity index (χ4n) is 2.50. The lowest BCUT2D eigenvalue weighted by atomic mass is 10.1. The van der Waals surface area contributed by atoms with E-state index in [9.17, 15) is 14.6 Å². The van der Waals surface area contributed by atoms with Crippen LogP contribution in [0.25, 0.3) is 0 Å². The van der Waals surface area contributed by atoms with E-state index in [1.54, 1.807) is 11.0 Å². The maximum absolute atomic E-state index is 14.1. The highest BCUT2D eigenvalue weighted by Crippen LogP contribution is 2.28. The van der Waals surface area contributed by atoms with Crippen LogP contribution in [0.4, 0.5) is 10.1 Å². The van der Waals surface area contributed by atoms with Crippen LogP contribution < -0.4 is 10.2 Å². The maximum atomic E-state index is 14.1. The maximum Gasteiger partial charge on any atom is 0.146 e. The second kappa shape index (κ2) is 6.52. The molecule has 5 heteroatoms. The van der Waals surface area contributed by atoms with Gasteiger partial charge in [0, 0.05) is 19.6 Å². The van der Waals surface area contributed by atoms with Crippen LogP contribution in [0.1, 0.15) is 19.4 Å². The molecule has 2 unspecified atom stereocenters. The van der Waals surface area contributed by atoms with Crippen molar-refractivity contribution in [3.63, 3.8) is 0 Å². The van der Waals surface area contributed by atoms with Gasteiger partial charge in [-0.3, -0.25) is 0 Å². The zero-order valence-corrected chi connectivity index (χ0v) is 12.0. The van der Waals surface area contributed by atoms with Gasteiger partial charge in [0.05, 0.1) is 17.9 Å². The summed E-state index contributed by atoms with van der Waals surface area (Å²) in [5.41, 5.74) is 1.34. The highest BCUT2D eigenvalue weighted by molar-refractivity contribution is 5.56.